The zero-order valence-corrected chi connectivity index (χ0v) is 20.7. The summed E-state index contributed by atoms with van der Waals surface area (Å²) in [6.45, 7) is 1.33. The molecule has 4 heterocycles. The van der Waals surface area contributed by atoms with Gasteiger partial charge in [-0.3, -0.25) is 9.88 Å². The summed E-state index contributed by atoms with van der Waals surface area (Å²) >= 11 is 0. The normalized spacial score (nSPS) is 19.9. The highest BCUT2D eigenvalue weighted by molar-refractivity contribution is 6.01. The van der Waals surface area contributed by atoms with Crippen LogP contribution in [0.25, 0.3) is 11.1 Å². The molecule has 4 aromatic rings. The molecule has 3 aliphatic rings. The number of aromatic nitrogens is 3. The zero-order chi connectivity index (χ0) is 24.9. The second-order valence-electron chi connectivity index (χ2n) is 10.1. The van der Waals surface area contributed by atoms with Crippen LogP contribution in [0.3, 0.4) is 0 Å². The summed E-state index contributed by atoms with van der Waals surface area (Å²) < 4.78 is 15.7. The van der Waals surface area contributed by atoms with Crippen molar-refractivity contribution in [2.75, 3.05) is 17.3 Å². The number of hydrogen-bond acceptors (Lipinski definition) is 6. The Bertz CT molecular complexity index is 1460. The molecule has 7 rings (SSSR count). The van der Waals surface area contributed by atoms with Gasteiger partial charge in [0.05, 0.1) is 30.7 Å². The molecular formula is C29H28FN7. The van der Waals surface area contributed by atoms with Crippen LogP contribution in [0.2, 0.25) is 0 Å². The molecular weight excluding hydrogens is 465 g/mol. The second-order valence-corrected chi connectivity index (χ2v) is 10.1. The molecule has 37 heavy (non-hydrogen) atoms. The third kappa shape index (κ3) is 3.84. The first-order valence-electron chi connectivity index (χ1n) is 12.8. The predicted molar refractivity (Wildman–Crippen MR) is 143 cm³/mol. The van der Waals surface area contributed by atoms with Crippen LogP contribution in [-0.2, 0) is 13.1 Å². The highest BCUT2D eigenvalue weighted by Gasteiger charge is 2.46. The minimum absolute atomic E-state index is 0.250. The second kappa shape index (κ2) is 8.73. The van der Waals surface area contributed by atoms with Crippen LogP contribution in [0.1, 0.15) is 30.4 Å². The van der Waals surface area contributed by atoms with E-state index in [1.165, 1.54) is 18.6 Å². The lowest BCUT2D eigenvalue weighted by Crippen LogP contribution is -2.48. The number of benzene rings is 2. The number of aliphatic imine (C=N–C) groups is 1. The van der Waals surface area contributed by atoms with Crippen LogP contribution in [0.15, 0.2) is 78.0 Å². The van der Waals surface area contributed by atoms with Gasteiger partial charge in [-0.2, -0.15) is 5.10 Å². The van der Waals surface area contributed by atoms with Gasteiger partial charge in [0, 0.05) is 25.1 Å². The Labute approximate surface area is 215 Å². The van der Waals surface area contributed by atoms with Crippen molar-refractivity contribution >= 4 is 23.3 Å². The van der Waals surface area contributed by atoms with E-state index in [-0.39, 0.29) is 5.82 Å². The van der Waals surface area contributed by atoms with Crippen molar-refractivity contribution in [3.8, 4) is 11.1 Å². The minimum atomic E-state index is -0.250. The molecule has 2 aromatic heterocycles. The number of halogens is 1. The molecule has 2 unspecified atom stereocenters. The summed E-state index contributed by atoms with van der Waals surface area (Å²) in [5.41, 5.74) is 5.43. The van der Waals surface area contributed by atoms with Crippen molar-refractivity contribution < 1.29 is 4.39 Å². The van der Waals surface area contributed by atoms with Gasteiger partial charge in [-0.25, -0.2) is 14.1 Å². The molecule has 0 saturated heterocycles. The Morgan fingerprint density at radius 1 is 0.946 bits per heavy atom. The maximum absolute atomic E-state index is 13.6. The van der Waals surface area contributed by atoms with Crippen LogP contribution < -0.4 is 10.2 Å². The van der Waals surface area contributed by atoms with Crippen LogP contribution in [-0.4, -0.2) is 44.8 Å². The summed E-state index contributed by atoms with van der Waals surface area (Å²) in [7, 11) is 2.10. The molecule has 2 atom stereocenters. The van der Waals surface area contributed by atoms with E-state index >= 15 is 0 Å². The number of nitrogens with one attached hydrogen (secondary N) is 1. The molecule has 1 saturated carbocycles. The quantitative estimate of drug-likeness (QED) is 0.402. The Balaban J connectivity index is 1.27. The summed E-state index contributed by atoms with van der Waals surface area (Å²) in [6.07, 6.45) is 7.10. The molecule has 1 fully saturated rings. The van der Waals surface area contributed by atoms with Gasteiger partial charge in [0.15, 0.2) is 5.82 Å². The Kier molecular flexibility index (Phi) is 5.20. The van der Waals surface area contributed by atoms with Crippen molar-refractivity contribution in [2.24, 2.45) is 4.99 Å². The molecule has 7 nitrogen and oxygen atoms in total. The monoisotopic (exact) mass is 493 g/mol. The van der Waals surface area contributed by atoms with Crippen molar-refractivity contribution in [3.05, 3.63) is 90.0 Å². The van der Waals surface area contributed by atoms with Gasteiger partial charge in [-0.05, 0) is 72.4 Å². The summed E-state index contributed by atoms with van der Waals surface area (Å²) in [6, 6.07) is 19.8. The lowest BCUT2D eigenvalue weighted by molar-refractivity contribution is 0.475. The SMILES string of the molecule is CN1Cc2c(nn(Cc3ccc(-c4ccncc4)cc3)c2Nc2ccc(F)cc2)N2C1=NC1CCCC12. The standard InChI is InChI=1S/C29H28FN7/c1-35-18-24-27(32-23-11-9-22(30)10-12-23)36(34-28(24)37-26-4-2-3-25(26)33-29(35)37)17-19-5-7-20(8-6-19)21-13-15-31-16-14-21/h5-16,25-26,32H,2-4,17-18H2,1H3. The highest BCUT2D eigenvalue weighted by atomic mass is 19.1. The average molecular weight is 494 g/mol. The van der Waals surface area contributed by atoms with E-state index in [2.05, 4.69) is 56.1 Å². The third-order valence-corrected chi connectivity index (χ3v) is 7.67. The molecule has 1 aliphatic carbocycles. The van der Waals surface area contributed by atoms with Crippen molar-refractivity contribution in [1.82, 2.24) is 19.7 Å². The van der Waals surface area contributed by atoms with Gasteiger partial charge < -0.3 is 10.2 Å². The summed E-state index contributed by atoms with van der Waals surface area (Å²) in [5, 5.41) is 8.73. The van der Waals surface area contributed by atoms with Crippen molar-refractivity contribution in [1.29, 1.82) is 0 Å². The molecule has 0 spiro atoms. The summed E-state index contributed by atoms with van der Waals surface area (Å²) in [5.74, 6) is 2.71. The van der Waals surface area contributed by atoms with Gasteiger partial charge in [0.25, 0.3) is 0 Å². The third-order valence-electron chi connectivity index (χ3n) is 7.67. The number of guanidine groups is 1. The van der Waals surface area contributed by atoms with Gasteiger partial charge in [-0.1, -0.05) is 24.3 Å². The molecule has 0 bridgehead atoms. The van der Waals surface area contributed by atoms with E-state index in [0.717, 1.165) is 58.4 Å². The zero-order valence-electron chi connectivity index (χ0n) is 20.7. The largest absolute Gasteiger partial charge is 0.341 e. The van der Waals surface area contributed by atoms with Gasteiger partial charge in [-0.15, -0.1) is 0 Å². The lowest BCUT2D eigenvalue weighted by Gasteiger charge is -2.35. The van der Waals surface area contributed by atoms with Crippen LogP contribution >= 0.6 is 0 Å². The maximum atomic E-state index is 13.6. The molecule has 2 aromatic carbocycles. The smallest absolute Gasteiger partial charge is 0.203 e. The molecule has 186 valence electrons. The topological polar surface area (TPSA) is 61.6 Å². The number of rotatable bonds is 5. The van der Waals surface area contributed by atoms with E-state index in [1.54, 1.807) is 12.1 Å². The van der Waals surface area contributed by atoms with Crippen molar-refractivity contribution in [2.45, 2.75) is 44.4 Å². The molecule has 8 heteroatoms. The Hall–Kier alpha value is -4.20. The van der Waals surface area contributed by atoms with Gasteiger partial charge in [0.2, 0.25) is 5.96 Å². The first kappa shape index (κ1) is 22.0. The number of nitrogens with zero attached hydrogens (tertiary/aromatic N) is 6. The lowest BCUT2D eigenvalue weighted by atomic mass is 10.1. The van der Waals surface area contributed by atoms with E-state index in [9.17, 15) is 4.39 Å². The van der Waals surface area contributed by atoms with E-state index < -0.39 is 0 Å². The van der Waals surface area contributed by atoms with Crippen LogP contribution in [0.4, 0.5) is 21.7 Å². The van der Waals surface area contributed by atoms with Crippen molar-refractivity contribution in [3.63, 3.8) is 0 Å². The van der Waals surface area contributed by atoms with Gasteiger partial charge >= 0.3 is 0 Å². The fourth-order valence-corrected chi connectivity index (χ4v) is 5.84. The highest BCUT2D eigenvalue weighted by Crippen LogP contribution is 2.43. The van der Waals surface area contributed by atoms with E-state index in [1.807, 2.05) is 24.5 Å². The minimum Gasteiger partial charge on any atom is -0.341 e. The maximum Gasteiger partial charge on any atom is 0.203 e. The first-order valence-corrected chi connectivity index (χ1v) is 12.8. The molecule has 1 N–H and O–H groups in total. The van der Waals surface area contributed by atoms with Crippen LogP contribution in [0.5, 0.6) is 0 Å². The number of pyridine rings is 1. The van der Waals surface area contributed by atoms with E-state index in [0.29, 0.717) is 25.2 Å². The fourth-order valence-electron chi connectivity index (χ4n) is 5.84. The fraction of sp³-hybridized carbons (Fsp3) is 0.276. The molecule has 0 radical (unpaired) electrons. The number of anilines is 3. The Morgan fingerprint density at radius 2 is 1.70 bits per heavy atom. The molecule has 0 amide bonds. The van der Waals surface area contributed by atoms with Gasteiger partial charge in [0.1, 0.15) is 11.6 Å². The average Bonchev–Trinajstić information content (AvgIpc) is 3.61. The summed E-state index contributed by atoms with van der Waals surface area (Å²) in [4.78, 5) is 13.8. The van der Waals surface area contributed by atoms with E-state index in [4.69, 9.17) is 10.1 Å². The number of hydrogen-bond donors (Lipinski definition) is 1. The number of fused-ring (bicyclic) bond motifs is 5. The molecule has 2 aliphatic heterocycles. The first-order chi connectivity index (χ1) is 18.1. The van der Waals surface area contributed by atoms with Crippen LogP contribution in [0, 0.1) is 5.82 Å². The Morgan fingerprint density at radius 3 is 2.49 bits per heavy atom. The predicted octanol–water partition coefficient (Wildman–Crippen LogP) is 5.42.